The van der Waals surface area contributed by atoms with Crippen LogP contribution in [0.4, 0.5) is 5.69 Å². The first-order valence-corrected chi connectivity index (χ1v) is 8.94. The maximum absolute atomic E-state index is 13.0. The van der Waals surface area contributed by atoms with Gasteiger partial charge in [0, 0.05) is 12.6 Å². The van der Waals surface area contributed by atoms with Crippen molar-refractivity contribution in [2.75, 3.05) is 18.6 Å². The number of rotatable bonds is 4. The van der Waals surface area contributed by atoms with Gasteiger partial charge in [-0.25, -0.2) is 0 Å². The molecule has 2 heterocycles. The molecule has 0 bridgehead atoms. The summed E-state index contributed by atoms with van der Waals surface area (Å²) in [7, 11) is 1.65. The van der Waals surface area contributed by atoms with Crippen molar-refractivity contribution in [3.05, 3.63) is 24.3 Å². The molecular formula is C19H28N2O3. The average molecular weight is 332 g/mol. The number of hydrogen-bond acceptors (Lipinski definition) is 4. The molecule has 1 amide bonds. The fraction of sp³-hybridized carbons (Fsp3) is 0.632. The van der Waals surface area contributed by atoms with E-state index in [1.165, 1.54) is 0 Å². The highest BCUT2D eigenvalue weighted by atomic mass is 16.5. The van der Waals surface area contributed by atoms with Gasteiger partial charge in [-0.2, -0.15) is 0 Å². The summed E-state index contributed by atoms with van der Waals surface area (Å²) in [4.78, 5) is 14.9. The van der Waals surface area contributed by atoms with E-state index in [1.54, 1.807) is 7.11 Å². The second-order valence-electron chi connectivity index (χ2n) is 6.95. The largest absolute Gasteiger partial charge is 0.495 e. The van der Waals surface area contributed by atoms with E-state index in [-0.39, 0.29) is 24.2 Å². The van der Waals surface area contributed by atoms with E-state index in [9.17, 15) is 4.79 Å². The van der Waals surface area contributed by atoms with Crippen molar-refractivity contribution in [3.63, 3.8) is 0 Å². The Kier molecular flexibility index (Phi) is 5.41. The molecule has 3 rings (SSSR count). The van der Waals surface area contributed by atoms with Gasteiger partial charge in [0.15, 0.2) is 0 Å². The first-order chi connectivity index (χ1) is 11.6. The number of nitrogens with zero attached hydrogens (tertiary/aromatic N) is 1. The molecule has 2 saturated heterocycles. The van der Waals surface area contributed by atoms with Crippen molar-refractivity contribution >= 4 is 11.6 Å². The first-order valence-electron chi connectivity index (χ1n) is 8.94. The molecule has 1 aromatic rings. The van der Waals surface area contributed by atoms with Gasteiger partial charge in [0.05, 0.1) is 31.0 Å². The van der Waals surface area contributed by atoms with Gasteiger partial charge >= 0.3 is 0 Å². The number of amides is 1. The molecule has 2 aliphatic rings. The molecule has 0 unspecified atom stereocenters. The molecule has 0 aromatic heterocycles. The van der Waals surface area contributed by atoms with E-state index in [0.717, 1.165) is 43.7 Å². The smallest absolute Gasteiger partial charge is 0.244 e. The van der Waals surface area contributed by atoms with Crippen molar-refractivity contribution in [3.8, 4) is 5.75 Å². The number of benzene rings is 1. The second-order valence-corrected chi connectivity index (χ2v) is 6.95. The number of anilines is 1. The predicted octanol–water partition coefficient (Wildman–Crippen LogP) is 2.74. The van der Waals surface area contributed by atoms with Crippen LogP contribution in [0.25, 0.3) is 0 Å². The van der Waals surface area contributed by atoms with Gasteiger partial charge < -0.3 is 19.7 Å². The Balaban J connectivity index is 1.71. The standard InChI is InChI=1S/C19H28N2O3/c1-13-11-15(12-14(2)24-13)20-16-7-6-10-21(19(16)22)17-8-4-5-9-18(17)23-3/h4-5,8-9,13-16,20H,6-7,10-12H2,1-3H3/t13-,14-,16+/m1/s1. The van der Waals surface area contributed by atoms with E-state index in [4.69, 9.17) is 9.47 Å². The quantitative estimate of drug-likeness (QED) is 0.921. The Morgan fingerprint density at radius 2 is 1.92 bits per heavy atom. The Bertz CT molecular complexity index is 567. The molecule has 1 N–H and O–H groups in total. The monoisotopic (exact) mass is 332 g/mol. The summed E-state index contributed by atoms with van der Waals surface area (Å²) in [5, 5.41) is 3.59. The fourth-order valence-corrected chi connectivity index (χ4v) is 3.95. The van der Waals surface area contributed by atoms with Gasteiger partial charge in [-0.1, -0.05) is 12.1 Å². The maximum Gasteiger partial charge on any atom is 0.244 e. The topological polar surface area (TPSA) is 50.8 Å². The van der Waals surface area contributed by atoms with Crippen molar-refractivity contribution in [2.24, 2.45) is 0 Å². The lowest BCUT2D eigenvalue weighted by Crippen LogP contribution is -2.55. The fourth-order valence-electron chi connectivity index (χ4n) is 3.95. The normalized spacial score (nSPS) is 31.1. The van der Waals surface area contributed by atoms with Crippen molar-refractivity contribution in [1.29, 1.82) is 0 Å². The lowest BCUT2D eigenvalue weighted by molar-refractivity contribution is -0.122. The van der Waals surface area contributed by atoms with Gasteiger partial charge in [-0.05, 0) is 51.7 Å². The molecule has 0 aliphatic carbocycles. The summed E-state index contributed by atoms with van der Waals surface area (Å²) in [6, 6.07) is 7.96. The van der Waals surface area contributed by atoms with Crippen LogP contribution in [0.3, 0.4) is 0 Å². The van der Waals surface area contributed by atoms with Crippen LogP contribution < -0.4 is 15.0 Å². The van der Waals surface area contributed by atoms with Crippen LogP contribution >= 0.6 is 0 Å². The number of piperidine rings is 1. The molecule has 0 spiro atoms. The molecule has 3 atom stereocenters. The summed E-state index contributed by atoms with van der Waals surface area (Å²) in [5.41, 5.74) is 0.866. The van der Waals surface area contributed by atoms with Gasteiger partial charge in [-0.15, -0.1) is 0 Å². The third-order valence-corrected chi connectivity index (χ3v) is 4.95. The van der Waals surface area contributed by atoms with Crippen LogP contribution in [-0.2, 0) is 9.53 Å². The lowest BCUT2D eigenvalue weighted by atomic mass is 9.96. The zero-order valence-corrected chi connectivity index (χ0v) is 14.8. The number of methoxy groups -OCH3 is 1. The van der Waals surface area contributed by atoms with Gasteiger partial charge in [0.25, 0.3) is 0 Å². The third-order valence-electron chi connectivity index (χ3n) is 4.95. The van der Waals surface area contributed by atoms with Crippen LogP contribution in [-0.4, -0.2) is 43.9 Å². The number of carbonyl (C=O) groups is 1. The number of ether oxygens (including phenoxy) is 2. The van der Waals surface area contributed by atoms with Crippen LogP contribution in [0.5, 0.6) is 5.75 Å². The molecule has 132 valence electrons. The van der Waals surface area contributed by atoms with Crippen LogP contribution in [0.2, 0.25) is 0 Å². The summed E-state index contributed by atoms with van der Waals surface area (Å²) in [6.45, 7) is 4.96. The summed E-state index contributed by atoms with van der Waals surface area (Å²) < 4.78 is 11.2. The highest BCUT2D eigenvalue weighted by Crippen LogP contribution is 2.31. The van der Waals surface area contributed by atoms with E-state index in [2.05, 4.69) is 19.2 Å². The molecule has 2 fully saturated rings. The Morgan fingerprint density at radius 1 is 1.21 bits per heavy atom. The van der Waals surface area contributed by atoms with Crippen LogP contribution in [0.15, 0.2) is 24.3 Å². The molecule has 0 radical (unpaired) electrons. The SMILES string of the molecule is COc1ccccc1N1CCC[C@H](NC2C[C@@H](C)O[C@H](C)C2)C1=O. The van der Waals surface area contributed by atoms with E-state index < -0.39 is 0 Å². The van der Waals surface area contributed by atoms with Gasteiger partial charge in [0.2, 0.25) is 5.91 Å². The summed E-state index contributed by atoms with van der Waals surface area (Å²) in [5.74, 6) is 0.900. The summed E-state index contributed by atoms with van der Waals surface area (Å²) >= 11 is 0. The molecule has 0 saturated carbocycles. The number of nitrogens with one attached hydrogen (secondary N) is 1. The van der Waals surface area contributed by atoms with Crippen molar-refractivity contribution in [2.45, 2.75) is 63.8 Å². The highest BCUT2D eigenvalue weighted by molar-refractivity contribution is 5.99. The van der Waals surface area contributed by atoms with E-state index >= 15 is 0 Å². The molecule has 5 nitrogen and oxygen atoms in total. The zero-order chi connectivity index (χ0) is 17.1. The van der Waals surface area contributed by atoms with Crippen LogP contribution in [0, 0.1) is 0 Å². The Hall–Kier alpha value is -1.59. The Morgan fingerprint density at radius 3 is 2.62 bits per heavy atom. The molecule has 1 aromatic carbocycles. The lowest BCUT2D eigenvalue weighted by Gasteiger charge is -2.38. The number of para-hydroxylation sites is 2. The maximum atomic E-state index is 13.0. The van der Waals surface area contributed by atoms with Gasteiger partial charge in [-0.3, -0.25) is 4.79 Å². The van der Waals surface area contributed by atoms with Crippen LogP contribution in [0.1, 0.15) is 39.5 Å². The van der Waals surface area contributed by atoms with Crippen molar-refractivity contribution < 1.29 is 14.3 Å². The number of carbonyl (C=O) groups excluding carboxylic acids is 1. The minimum absolute atomic E-state index is 0.119. The predicted molar refractivity (Wildman–Crippen MR) is 94.5 cm³/mol. The number of hydrogen-bond donors (Lipinski definition) is 1. The Labute approximate surface area is 144 Å². The first kappa shape index (κ1) is 17.2. The minimum Gasteiger partial charge on any atom is -0.495 e. The highest BCUT2D eigenvalue weighted by Gasteiger charge is 2.34. The minimum atomic E-state index is -0.119. The molecular weight excluding hydrogens is 304 g/mol. The molecule has 5 heteroatoms. The molecule has 2 aliphatic heterocycles. The second kappa shape index (κ2) is 7.53. The van der Waals surface area contributed by atoms with E-state index in [0.29, 0.717) is 6.04 Å². The zero-order valence-electron chi connectivity index (χ0n) is 14.8. The van der Waals surface area contributed by atoms with Crippen molar-refractivity contribution in [1.82, 2.24) is 5.32 Å². The average Bonchev–Trinajstić information content (AvgIpc) is 2.56. The van der Waals surface area contributed by atoms with Gasteiger partial charge in [0.1, 0.15) is 5.75 Å². The van der Waals surface area contributed by atoms with E-state index in [1.807, 2.05) is 29.2 Å². The summed E-state index contributed by atoms with van der Waals surface area (Å²) in [6.07, 6.45) is 4.30. The molecule has 24 heavy (non-hydrogen) atoms. The third kappa shape index (κ3) is 3.73.